The molecule has 0 fully saturated rings. The van der Waals surface area contributed by atoms with Crippen LogP contribution in [0.15, 0.2) is 66.7 Å². The molecule has 1 atom stereocenters. The van der Waals surface area contributed by atoms with Crippen LogP contribution in [0.1, 0.15) is 42.4 Å². The van der Waals surface area contributed by atoms with Crippen molar-refractivity contribution in [3.63, 3.8) is 0 Å². The molecule has 0 aliphatic carbocycles. The Labute approximate surface area is 232 Å². The van der Waals surface area contributed by atoms with Crippen LogP contribution in [0.4, 0.5) is 37.7 Å². The number of rotatable bonds is 12. The minimum Gasteiger partial charge on any atom is -0.493 e. The summed E-state index contributed by atoms with van der Waals surface area (Å²) in [7, 11) is 0. The molecule has 3 rings (SSSR count). The van der Waals surface area contributed by atoms with Crippen LogP contribution in [-0.4, -0.2) is 25.4 Å². The van der Waals surface area contributed by atoms with Gasteiger partial charge in [0.25, 0.3) is 0 Å². The van der Waals surface area contributed by atoms with Crippen molar-refractivity contribution in [1.82, 2.24) is 0 Å². The van der Waals surface area contributed by atoms with Crippen LogP contribution >= 0.6 is 0 Å². The van der Waals surface area contributed by atoms with E-state index in [0.717, 1.165) is 42.0 Å². The average molecular weight is 583 g/mol. The Morgan fingerprint density at radius 2 is 1.68 bits per heavy atom. The highest BCUT2D eigenvalue weighted by Crippen LogP contribution is 2.34. The molecule has 0 heterocycles. The van der Waals surface area contributed by atoms with Gasteiger partial charge in [0.05, 0.1) is 18.8 Å². The van der Waals surface area contributed by atoms with Gasteiger partial charge >= 0.3 is 18.3 Å². The van der Waals surface area contributed by atoms with E-state index in [1.54, 1.807) is 18.2 Å². The minimum absolute atomic E-state index is 0.0571. The highest BCUT2D eigenvalue weighted by molar-refractivity contribution is 5.87. The van der Waals surface area contributed by atoms with E-state index in [4.69, 9.17) is 20.9 Å². The summed E-state index contributed by atoms with van der Waals surface area (Å²) in [5.74, 6) is -2.92. The van der Waals surface area contributed by atoms with Crippen LogP contribution in [0.5, 0.6) is 11.5 Å². The first-order chi connectivity index (χ1) is 19.2. The van der Waals surface area contributed by atoms with Gasteiger partial charge in [0.1, 0.15) is 5.75 Å². The van der Waals surface area contributed by atoms with Crippen molar-refractivity contribution >= 4 is 23.4 Å². The van der Waals surface area contributed by atoms with Crippen molar-refractivity contribution < 1.29 is 45.3 Å². The average Bonchev–Trinajstić information content (AvgIpc) is 2.89. The van der Waals surface area contributed by atoms with E-state index in [1.165, 1.54) is 18.2 Å². The van der Waals surface area contributed by atoms with Crippen molar-refractivity contribution in [2.45, 2.75) is 38.0 Å². The van der Waals surface area contributed by atoms with Crippen molar-refractivity contribution in [2.24, 2.45) is 0 Å². The number of hydrogen-bond acceptors (Lipinski definition) is 6. The predicted molar refractivity (Wildman–Crippen MR) is 142 cm³/mol. The van der Waals surface area contributed by atoms with Gasteiger partial charge in [-0.1, -0.05) is 25.1 Å². The minimum atomic E-state index is -4.34. The molecule has 0 saturated carbocycles. The third-order valence-corrected chi connectivity index (χ3v) is 5.79. The van der Waals surface area contributed by atoms with Crippen molar-refractivity contribution in [3.05, 3.63) is 89.2 Å². The second-order valence-electron chi connectivity index (χ2n) is 9.15. The number of alkyl halides is 5. The van der Waals surface area contributed by atoms with Crippen LogP contribution in [0.25, 0.3) is 6.08 Å². The maximum atomic E-state index is 14.7. The van der Waals surface area contributed by atoms with E-state index in [1.807, 2.05) is 6.92 Å². The fraction of sp³-hybridized carbons (Fsp3) is 0.276. The normalized spacial score (nSPS) is 12.8. The first-order valence-electron chi connectivity index (χ1n) is 12.4. The second-order valence-corrected chi connectivity index (χ2v) is 9.15. The third-order valence-electron chi connectivity index (χ3n) is 5.79. The van der Waals surface area contributed by atoms with Crippen molar-refractivity contribution in [3.8, 4) is 11.5 Å². The van der Waals surface area contributed by atoms with Gasteiger partial charge in [-0.3, -0.25) is 0 Å². The SMILES string of the molecule is CC(COC(=O)/C=C/c1ccc(C(F)(F)Oc2ccc(OCCCC(F)(F)F)cc2F)cc1)c1ccc(N)cc1N. The molecule has 0 amide bonds. The highest BCUT2D eigenvalue weighted by atomic mass is 19.4. The van der Waals surface area contributed by atoms with Gasteiger partial charge in [-0.2, -0.15) is 22.0 Å². The Hall–Kier alpha value is -4.35. The Kier molecular flexibility index (Phi) is 10.1. The number of carbonyl (C=O) groups is 1. The van der Waals surface area contributed by atoms with Crippen LogP contribution in [0, 0.1) is 5.82 Å². The molecule has 0 aliphatic heterocycles. The topological polar surface area (TPSA) is 96.8 Å². The van der Waals surface area contributed by atoms with Crippen LogP contribution < -0.4 is 20.9 Å². The molecule has 0 aliphatic rings. The fourth-order valence-electron chi connectivity index (χ4n) is 3.65. The Bertz CT molecular complexity index is 1360. The quantitative estimate of drug-likeness (QED) is 0.0771. The summed E-state index contributed by atoms with van der Waals surface area (Å²) in [5, 5.41) is 0. The highest BCUT2D eigenvalue weighted by Gasteiger charge is 2.35. The number of hydrogen-bond donors (Lipinski definition) is 2. The number of nitrogen functional groups attached to an aromatic ring is 2. The van der Waals surface area contributed by atoms with Crippen LogP contribution in [-0.2, 0) is 15.6 Å². The zero-order chi connectivity index (χ0) is 30.2. The molecule has 0 saturated heterocycles. The van der Waals surface area contributed by atoms with Gasteiger partial charge in [0, 0.05) is 35.9 Å². The Morgan fingerprint density at radius 1 is 0.976 bits per heavy atom. The summed E-state index contributed by atoms with van der Waals surface area (Å²) in [6.07, 6.45) is -7.15. The smallest absolute Gasteiger partial charge is 0.426 e. The zero-order valence-corrected chi connectivity index (χ0v) is 21.9. The van der Waals surface area contributed by atoms with Crippen LogP contribution in [0.3, 0.4) is 0 Å². The second kappa shape index (κ2) is 13.3. The lowest BCUT2D eigenvalue weighted by molar-refractivity contribution is -0.187. The lowest BCUT2D eigenvalue weighted by Crippen LogP contribution is -2.22. The molecule has 6 nitrogen and oxygen atoms in total. The molecule has 1 unspecified atom stereocenters. The third kappa shape index (κ3) is 9.66. The van der Waals surface area contributed by atoms with E-state index in [2.05, 4.69) is 4.74 Å². The van der Waals surface area contributed by atoms with Gasteiger partial charge in [0.2, 0.25) is 0 Å². The molecule has 41 heavy (non-hydrogen) atoms. The van der Waals surface area contributed by atoms with E-state index >= 15 is 0 Å². The Balaban J connectivity index is 1.53. The molecule has 3 aromatic rings. The van der Waals surface area contributed by atoms with Crippen molar-refractivity contribution in [1.29, 1.82) is 0 Å². The van der Waals surface area contributed by atoms with Crippen LogP contribution in [0.2, 0.25) is 0 Å². The summed E-state index contributed by atoms with van der Waals surface area (Å²) < 4.78 is 95.0. The molecule has 0 spiro atoms. The first-order valence-corrected chi connectivity index (χ1v) is 12.4. The standard InChI is InChI=1S/C29H28F6N2O4/c1-18(23-10-8-21(36)15-25(23)37)17-40-27(38)12-5-19-3-6-20(7-4-19)29(34,35)41-26-11-9-22(16-24(26)30)39-14-2-13-28(31,32)33/h3-12,15-16,18H,2,13-14,17,36-37H2,1H3/b12-5+. The number of halogens is 6. The van der Waals surface area contributed by atoms with E-state index in [0.29, 0.717) is 16.9 Å². The number of ether oxygens (including phenoxy) is 3. The van der Waals surface area contributed by atoms with Gasteiger partial charge in [0.15, 0.2) is 11.6 Å². The molecule has 0 aromatic heterocycles. The number of carbonyl (C=O) groups excluding carboxylic acids is 1. The number of anilines is 2. The lowest BCUT2D eigenvalue weighted by atomic mass is 10.00. The van der Waals surface area contributed by atoms with Gasteiger partial charge < -0.3 is 25.7 Å². The zero-order valence-electron chi connectivity index (χ0n) is 21.9. The summed E-state index contributed by atoms with van der Waals surface area (Å²) >= 11 is 0. The Morgan fingerprint density at radius 3 is 2.32 bits per heavy atom. The van der Waals surface area contributed by atoms with E-state index in [9.17, 15) is 31.1 Å². The number of esters is 1. The lowest BCUT2D eigenvalue weighted by Gasteiger charge is -2.19. The van der Waals surface area contributed by atoms with E-state index in [-0.39, 0.29) is 31.3 Å². The largest absolute Gasteiger partial charge is 0.493 e. The maximum Gasteiger partial charge on any atom is 0.426 e. The van der Waals surface area contributed by atoms with Gasteiger partial charge in [-0.05, 0) is 60.0 Å². The van der Waals surface area contributed by atoms with E-state index < -0.39 is 41.8 Å². The molecular weight excluding hydrogens is 554 g/mol. The molecular formula is C29H28F6N2O4. The monoisotopic (exact) mass is 582 g/mol. The number of nitrogens with two attached hydrogens (primary N) is 2. The molecule has 4 N–H and O–H groups in total. The number of benzene rings is 3. The summed E-state index contributed by atoms with van der Waals surface area (Å²) in [4.78, 5) is 12.1. The molecule has 0 bridgehead atoms. The molecule has 0 radical (unpaired) electrons. The van der Waals surface area contributed by atoms with Gasteiger partial charge in [-0.15, -0.1) is 0 Å². The predicted octanol–water partition coefficient (Wildman–Crippen LogP) is 7.20. The van der Waals surface area contributed by atoms with Gasteiger partial charge in [-0.25, -0.2) is 9.18 Å². The summed E-state index contributed by atoms with van der Waals surface area (Å²) in [6.45, 7) is 1.56. The summed E-state index contributed by atoms with van der Waals surface area (Å²) in [5.41, 5.74) is 13.2. The molecule has 220 valence electrons. The fourth-order valence-corrected chi connectivity index (χ4v) is 3.65. The molecule has 3 aromatic carbocycles. The molecule has 12 heteroatoms. The van der Waals surface area contributed by atoms with Crippen molar-refractivity contribution in [2.75, 3.05) is 24.7 Å². The first kappa shape index (κ1) is 31.2. The summed E-state index contributed by atoms with van der Waals surface area (Å²) in [6, 6.07) is 12.5. The maximum absolute atomic E-state index is 14.7.